The van der Waals surface area contributed by atoms with Gasteiger partial charge in [-0.3, -0.25) is 9.78 Å². The number of pyridine rings is 1. The van der Waals surface area contributed by atoms with Crippen LogP contribution >= 0.6 is 0 Å². The van der Waals surface area contributed by atoms with Crippen molar-refractivity contribution in [1.29, 1.82) is 0 Å². The Morgan fingerprint density at radius 1 is 1.17 bits per heavy atom. The highest BCUT2D eigenvalue weighted by Crippen LogP contribution is 2.19. The molecule has 0 spiro atoms. The molecule has 1 heterocycles. The molecule has 0 radical (unpaired) electrons. The predicted molar refractivity (Wildman–Crippen MR) is 87.0 cm³/mol. The monoisotopic (exact) mass is 312 g/mol. The maximum Gasteiger partial charge on any atom is 0.339 e. The third-order valence-corrected chi connectivity index (χ3v) is 3.53. The van der Waals surface area contributed by atoms with Gasteiger partial charge in [0.25, 0.3) is 0 Å². The molecule has 23 heavy (non-hydrogen) atoms. The second kappa shape index (κ2) is 7.54. The molecule has 2 rings (SSSR count). The molecular formula is C18H20N2O3. The average molecular weight is 312 g/mol. The average Bonchev–Trinajstić information content (AvgIpc) is 2.54. The minimum Gasteiger partial charge on any atom is -0.465 e. The molecule has 0 saturated carbocycles. The molecule has 1 aromatic heterocycles. The Morgan fingerprint density at radius 3 is 2.43 bits per heavy atom. The fourth-order valence-electron chi connectivity index (χ4n) is 2.42. The second-order valence-electron chi connectivity index (χ2n) is 5.30. The van der Waals surface area contributed by atoms with E-state index < -0.39 is 5.97 Å². The highest BCUT2D eigenvalue weighted by molar-refractivity contribution is 5.90. The predicted octanol–water partition coefficient (Wildman–Crippen LogP) is 2.60. The molecular weight excluding hydrogens is 292 g/mol. The number of rotatable bonds is 5. The summed E-state index contributed by atoms with van der Waals surface area (Å²) in [6.45, 7) is 3.23. The van der Waals surface area contributed by atoms with Gasteiger partial charge in [0, 0.05) is 6.92 Å². The third kappa shape index (κ3) is 4.39. The lowest BCUT2D eigenvalue weighted by atomic mass is 10.0. The zero-order chi connectivity index (χ0) is 16.8. The fourth-order valence-corrected chi connectivity index (χ4v) is 2.42. The molecule has 0 aliphatic rings. The van der Waals surface area contributed by atoms with Crippen LogP contribution in [0.2, 0.25) is 0 Å². The van der Waals surface area contributed by atoms with Crippen molar-refractivity contribution in [3.63, 3.8) is 0 Å². The molecule has 0 aliphatic heterocycles. The van der Waals surface area contributed by atoms with Crippen LogP contribution in [0.3, 0.4) is 0 Å². The Morgan fingerprint density at radius 2 is 1.87 bits per heavy atom. The summed E-state index contributed by atoms with van der Waals surface area (Å²) >= 11 is 0. The van der Waals surface area contributed by atoms with Crippen LogP contribution in [0.4, 0.5) is 0 Å². The van der Waals surface area contributed by atoms with E-state index in [0.717, 1.165) is 5.56 Å². The Hall–Kier alpha value is -2.69. The van der Waals surface area contributed by atoms with Gasteiger partial charge in [-0.15, -0.1) is 0 Å². The number of nitrogens with zero attached hydrogens (tertiary/aromatic N) is 1. The van der Waals surface area contributed by atoms with Crippen molar-refractivity contribution in [2.24, 2.45) is 0 Å². The number of aryl methyl sites for hydroxylation is 1. The summed E-state index contributed by atoms with van der Waals surface area (Å²) in [6, 6.07) is 13.1. The molecule has 120 valence electrons. The Kier molecular flexibility index (Phi) is 5.46. The van der Waals surface area contributed by atoms with Gasteiger partial charge in [0.1, 0.15) is 0 Å². The molecule has 1 N–H and O–H groups in total. The lowest BCUT2D eigenvalue weighted by molar-refractivity contribution is -0.119. The quantitative estimate of drug-likeness (QED) is 0.862. The second-order valence-corrected chi connectivity index (χ2v) is 5.30. The topological polar surface area (TPSA) is 68.3 Å². The fraction of sp³-hybridized carbons (Fsp3) is 0.278. The summed E-state index contributed by atoms with van der Waals surface area (Å²) in [6.07, 6.45) is 0.629. The van der Waals surface area contributed by atoms with Crippen LogP contribution in [0, 0.1) is 6.92 Å². The number of esters is 1. The molecule has 1 amide bonds. The van der Waals surface area contributed by atoms with Crippen LogP contribution < -0.4 is 5.32 Å². The molecule has 5 nitrogen and oxygen atoms in total. The molecule has 2 aromatic rings. The lowest BCUT2D eigenvalue weighted by Crippen LogP contribution is -2.28. The molecule has 0 bridgehead atoms. The lowest BCUT2D eigenvalue weighted by Gasteiger charge is -2.18. The zero-order valence-corrected chi connectivity index (χ0v) is 13.5. The summed E-state index contributed by atoms with van der Waals surface area (Å²) in [7, 11) is 1.34. The Bertz CT molecular complexity index is 699. The van der Waals surface area contributed by atoms with Crippen LogP contribution in [-0.2, 0) is 16.0 Å². The number of hydrogen-bond acceptors (Lipinski definition) is 4. The summed E-state index contributed by atoms with van der Waals surface area (Å²) < 4.78 is 4.73. The SMILES string of the molecule is COC(=O)c1ccc([C@H](Cc2ccccc2)NC(C)=O)nc1C. The molecule has 1 aromatic carbocycles. The molecule has 0 saturated heterocycles. The summed E-state index contributed by atoms with van der Waals surface area (Å²) in [5.41, 5.74) is 2.83. The maximum absolute atomic E-state index is 11.7. The number of ether oxygens (including phenoxy) is 1. The standard InChI is InChI=1S/C18H20N2O3/c1-12-15(18(22)23-3)9-10-16(19-12)17(20-13(2)21)11-14-7-5-4-6-8-14/h4-10,17H,11H2,1-3H3,(H,20,21)/t17-/m0/s1. The normalized spacial score (nSPS) is 11.6. The van der Waals surface area contributed by atoms with Crippen molar-refractivity contribution >= 4 is 11.9 Å². The van der Waals surface area contributed by atoms with E-state index >= 15 is 0 Å². The molecule has 0 aliphatic carbocycles. The van der Waals surface area contributed by atoms with Crippen molar-refractivity contribution in [2.75, 3.05) is 7.11 Å². The number of nitrogens with one attached hydrogen (secondary N) is 1. The summed E-state index contributed by atoms with van der Waals surface area (Å²) in [5, 5.41) is 2.92. The number of methoxy groups -OCH3 is 1. The number of carbonyl (C=O) groups excluding carboxylic acids is 2. The van der Waals surface area contributed by atoms with E-state index in [9.17, 15) is 9.59 Å². The van der Waals surface area contributed by atoms with E-state index in [1.54, 1.807) is 19.1 Å². The van der Waals surface area contributed by atoms with Gasteiger partial charge in [0.05, 0.1) is 30.1 Å². The molecule has 5 heteroatoms. The van der Waals surface area contributed by atoms with E-state index in [2.05, 4.69) is 10.3 Å². The van der Waals surface area contributed by atoms with Crippen LogP contribution in [0.1, 0.15) is 40.3 Å². The van der Waals surface area contributed by atoms with Crippen molar-refractivity contribution in [1.82, 2.24) is 10.3 Å². The Labute approximate surface area is 135 Å². The first kappa shape index (κ1) is 16.7. The van der Waals surface area contributed by atoms with Gasteiger partial charge >= 0.3 is 5.97 Å². The van der Waals surface area contributed by atoms with Crippen LogP contribution in [0.5, 0.6) is 0 Å². The van der Waals surface area contributed by atoms with E-state index in [-0.39, 0.29) is 11.9 Å². The van der Waals surface area contributed by atoms with Crippen LogP contribution in [0.25, 0.3) is 0 Å². The minimum atomic E-state index is -0.416. The van der Waals surface area contributed by atoms with Crippen LogP contribution in [0.15, 0.2) is 42.5 Å². The number of benzene rings is 1. The minimum absolute atomic E-state index is 0.123. The summed E-state index contributed by atoms with van der Waals surface area (Å²) in [5.74, 6) is -0.539. The smallest absolute Gasteiger partial charge is 0.339 e. The first-order valence-electron chi connectivity index (χ1n) is 7.38. The van der Waals surface area contributed by atoms with E-state index in [4.69, 9.17) is 4.74 Å². The van der Waals surface area contributed by atoms with Gasteiger partial charge in [-0.1, -0.05) is 30.3 Å². The van der Waals surface area contributed by atoms with Crippen molar-refractivity contribution in [3.05, 3.63) is 65.0 Å². The van der Waals surface area contributed by atoms with Crippen molar-refractivity contribution < 1.29 is 14.3 Å². The highest BCUT2D eigenvalue weighted by Gasteiger charge is 2.18. The molecule has 0 fully saturated rings. The first-order chi connectivity index (χ1) is 11.0. The van der Waals surface area contributed by atoms with Gasteiger partial charge in [-0.05, 0) is 31.0 Å². The third-order valence-electron chi connectivity index (χ3n) is 3.53. The first-order valence-corrected chi connectivity index (χ1v) is 7.38. The zero-order valence-electron chi connectivity index (χ0n) is 13.5. The van der Waals surface area contributed by atoms with E-state index in [1.165, 1.54) is 14.0 Å². The Balaban J connectivity index is 2.30. The van der Waals surface area contributed by atoms with Crippen molar-refractivity contribution in [3.8, 4) is 0 Å². The summed E-state index contributed by atoms with van der Waals surface area (Å²) in [4.78, 5) is 27.6. The van der Waals surface area contributed by atoms with Crippen LogP contribution in [-0.4, -0.2) is 24.0 Å². The molecule has 1 atom stereocenters. The maximum atomic E-state index is 11.7. The number of carbonyl (C=O) groups is 2. The van der Waals surface area contributed by atoms with Gasteiger partial charge in [0.15, 0.2) is 0 Å². The van der Waals surface area contributed by atoms with E-state index in [0.29, 0.717) is 23.4 Å². The molecule has 0 unspecified atom stereocenters. The van der Waals surface area contributed by atoms with E-state index in [1.807, 2.05) is 30.3 Å². The van der Waals surface area contributed by atoms with Crippen molar-refractivity contribution in [2.45, 2.75) is 26.3 Å². The van der Waals surface area contributed by atoms with Gasteiger partial charge in [0.2, 0.25) is 5.91 Å². The van der Waals surface area contributed by atoms with Gasteiger partial charge in [-0.25, -0.2) is 4.79 Å². The van der Waals surface area contributed by atoms with Gasteiger partial charge in [-0.2, -0.15) is 0 Å². The largest absolute Gasteiger partial charge is 0.465 e. The number of hydrogen-bond donors (Lipinski definition) is 1. The highest BCUT2D eigenvalue weighted by atomic mass is 16.5. The number of aromatic nitrogens is 1. The number of amides is 1. The van der Waals surface area contributed by atoms with Gasteiger partial charge < -0.3 is 10.1 Å².